The molecule has 2 aromatic rings. The van der Waals surface area contributed by atoms with Gasteiger partial charge in [-0.2, -0.15) is 4.37 Å². The summed E-state index contributed by atoms with van der Waals surface area (Å²) in [6, 6.07) is 7.69. The van der Waals surface area contributed by atoms with Crippen LogP contribution in [0.1, 0.15) is 12.7 Å². The minimum absolute atomic E-state index is 0.772. The van der Waals surface area contributed by atoms with Crippen molar-refractivity contribution in [1.29, 1.82) is 0 Å². The lowest BCUT2D eigenvalue weighted by Crippen LogP contribution is -1.84. The fraction of sp³-hybridized carbons (Fsp3) is 0.200. The molecule has 1 heterocycles. The highest BCUT2D eigenvalue weighted by Crippen LogP contribution is 2.22. The summed E-state index contributed by atoms with van der Waals surface area (Å²) in [4.78, 5) is 4.40. The molecule has 0 saturated heterocycles. The Balaban J connectivity index is 2.34. The maximum Gasteiger partial charge on any atom is 0.144 e. The Morgan fingerprint density at radius 2 is 2.00 bits per heavy atom. The Kier molecular flexibility index (Phi) is 2.45. The normalized spacial score (nSPS) is 10.4. The minimum Gasteiger partial charge on any atom is -0.399 e. The van der Waals surface area contributed by atoms with Crippen molar-refractivity contribution in [2.24, 2.45) is 0 Å². The smallest absolute Gasteiger partial charge is 0.144 e. The van der Waals surface area contributed by atoms with Crippen molar-refractivity contribution in [3.05, 3.63) is 30.1 Å². The van der Waals surface area contributed by atoms with Gasteiger partial charge in [0.25, 0.3) is 0 Å². The van der Waals surface area contributed by atoms with Gasteiger partial charge in [-0.25, -0.2) is 4.98 Å². The number of rotatable bonds is 2. The molecule has 0 radical (unpaired) electrons. The molecule has 0 aliphatic carbocycles. The van der Waals surface area contributed by atoms with Crippen molar-refractivity contribution in [3.63, 3.8) is 0 Å². The monoisotopic (exact) mass is 205 g/mol. The predicted molar refractivity (Wildman–Crippen MR) is 59.1 cm³/mol. The molecule has 0 aliphatic rings. The summed E-state index contributed by atoms with van der Waals surface area (Å²) >= 11 is 1.43. The van der Waals surface area contributed by atoms with Crippen LogP contribution in [-0.2, 0) is 6.42 Å². The van der Waals surface area contributed by atoms with Gasteiger partial charge in [-0.3, -0.25) is 0 Å². The van der Waals surface area contributed by atoms with E-state index in [0.29, 0.717) is 0 Å². The van der Waals surface area contributed by atoms with Gasteiger partial charge in [0.15, 0.2) is 0 Å². The molecular formula is C10H11N3S. The van der Waals surface area contributed by atoms with Crippen LogP contribution in [0.15, 0.2) is 24.3 Å². The average molecular weight is 205 g/mol. The molecule has 0 aliphatic heterocycles. The first-order chi connectivity index (χ1) is 6.79. The molecule has 14 heavy (non-hydrogen) atoms. The number of aryl methyl sites for hydroxylation is 1. The molecule has 0 spiro atoms. The van der Waals surface area contributed by atoms with Crippen LogP contribution in [0, 0.1) is 0 Å². The molecule has 2 N–H and O–H groups in total. The third-order valence-corrected chi connectivity index (χ3v) is 2.74. The van der Waals surface area contributed by atoms with Gasteiger partial charge in [0.2, 0.25) is 0 Å². The van der Waals surface area contributed by atoms with E-state index in [9.17, 15) is 0 Å². The largest absolute Gasteiger partial charge is 0.399 e. The van der Waals surface area contributed by atoms with E-state index in [2.05, 4.69) is 16.3 Å². The van der Waals surface area contributed by atoms with E-state index < -0.39 is 0 Å². The van der Waals surface area contributed by atoms with Crippen LogP contribution in [-0.4, -0.2) is 9.36 Å². The molecule has 0 atom stereocenters. The Morgan fingerprint density at radius 1 is 1.29 bits per heavy atom. The highest BCUT2D eigenvalue weighted by molar-refractivity contribution is 7.09. The van der Waals surface area contributed by atoms with Gasteiger partial charge in [-0.05, 0) is 35.8 Å². The average Bonchev–Trinajstić information content (AvgIpc) is 2.67. The number of hydrogen-bond donors (Lipinski definition) is 1. The second kappa shape index (κ2) is 3.75. The summed E-state index contributed by atoms with van der Waals surface area (Å²) < 4.78 is 4.23. The quantitative estimate of drug-likeness (QED) is 0.766. The zero-order chi connectivity index (χ0) is 9.97. The van der Waals surface area contributed by atoms with E-state index in [4.69, 9.17) is 5.73 Å². The van der Waals surface area contributed by atoms with Crippen molar-refractivity contribution in [3.8, 4) is 10.6 Å². The summed E-state index contributed by atoms with van der Waals surface area (Å²) in [5, 5.41) is 0.960. The molecule has 0 amide bonds. The van der Waals surface area contributed by atoms with Gasteiger partial charge in [0.1, 0.15) is 10.8 Å². The first-order valence-corrected chi connectivity index (χ1v) is 5.25. The van der Waals surface area contributed by atoms with E-state index in [1.54, 1.807) is 0 Å². The first kappa shape index (κ1) is 9.15. The zero-order valence-electron chi connectivity index (χ0n) is 7.90. The van der Waals surface area contributed by atoms with Crippen LogP contribution in [0.2, 0.25) is 0 Å². The number of nitrogens with zero attached hydrogens (tertiary/aromatic N) is 2. The Hall–Kier alpha value is -1.42. The lowest BCUT2D eigenvalue weighted by atomic mass is 10.2. The van der Waals surface area contributed by atoms with Crippen LogP contribution in [0.5, 0.6) is 0 Å². The van der Waals surface area contributed by atoms with Gasteiger partial charge in [0, 0.05) is 17.7 Å². The van der Waals surface area contributed by atoms with Gasteiger partial charge in [-0.15, -0.1) is 0 Å². The van der Waals surface area contributed by atoms with Crippen LogP contribution < -0.4 is 5.73 Å². The standard InChI is InChI=1S/C10H11N3S/c1-2-9-12-10(14-13-9)7-3-5-8(11)6-4-7/h3-6H,2,11H2,1H3. The van der Waals surface area contributed by atoms with Crippen LogP contribution in [0.25, 0.3) is 10.6 Å². The summed E-state index contributed by atoms with van der Waals surface area (Å²) in [7, 11) is 0. The SMILES string of the molecule is CCc1nsc(-c2ccc(N)cc2)n1. The highest BCUT2D eigenvalue weighted by atomic mass is 32.1. The molecular weight excluding hydrogens is 194 g/mol. The fourth-order valence-corrected chi connectivity index (χ4v) is 1.89. The molecule has 0 fully saturated rings. The highest BCUT2D eigenvalue weighted by Gasteiger charge is 2.04. The summed E-state index contributed by atoms with van der Waals surface area (Å²) in [6.45, 7) is 2.05. The molecule has 0 bridgehead atoms. The maximum atomic E-state index is 5.60. The Morgan fingerprint density at radius 3 is 2.57 bits per heavy atom. The molecule has 72 valence electrons. The molecule has 0 saturated carbocycles. The molecule has 1 aromatic heterocycles. The lowest BCUT2D eigenvalue weighted by molar-refractivity contribution is 1.00. The molecule has 0 unspecified atom stereocenters. The van der Waals surface area contributed by atoms with Gasteiger partial charge < -0.3 is 5.73 Å². The van der Waals surface area contributed by atoms with Crippen LogP contribution >= 0.6 is 11.5 Å². The molecule has 2 rings (SSSR count). The van der Waals surface area contributed by atoms with Gasteiger partial charge in [0.05, 0.1) is 0 Å². The summed E-state index contributed by atoms with van der Waals surface area (Å²) in [5.74, 6) is 0.904. The van der Waals surface area contributed by atoms with E-state index in [-0.39, 0.29) is 0 Å². The second-order valence-electron chi connectivity index (χ2n) is 2.99. The fourth-order valence-electron chi connectivity index (χ4n) is 1.14. The molecule has 1 aromatic carbocycles. The number of aromatic nitrogens is 2. The lowest BCUT2D eigenvalue weighted by Gasteiger charge is -1.95. The summed E-state index contributed by atoms with van der Waals surface area (Å²) in [6.07, 6.45) is 0.880. The Bertz CT molecular complexity index is 419. The minimum atomic E-state index is 0.772. The third kappa shape index (κ3) is 1.75. The summed E-state index contributed by atoms with van der Waals surface area (Å²) in [5.41, 5.74) is 7.46. The number of anilines is 1. The van der Waals surface area contributed by atoms with Crippen LogP contribution in [0.4, 0.5) is 5.69 Å². The predicted octanol–water partition coefficient (Wildman–Crippen LogP) is 2.35. The van der Waals surface area contributed by atoms with Gasteiger partial charge in [-0.1, -0.05) is 6.92 Å². The van der Waals surface area contributed by atoms with Crippen molar-refractivity contribution in [1.82, 2.24) is 9.36 Å². The molecule has 3 nitrogen and oxygen atoms in total. The van der Waals surface area contributed by atoms with E-state index in [1.807, 2.05) is 24.3 Å². The van der Waals surface area contributed by atoms with Gasteiger partial charge >= 0.3 is 0 Å². The van der Waals surface area contributed by atoms with E-state index in [1.165, 1.54) is 11.5 Å². The molecule has 4 heteroatoms. The number of benzene rings is 1. The van der Waals surface area contributed by atoms with Crippen LogP contribution in [0.3, 0.4) is 0 Å². The zero-order valence-corrected chi connectivity index (χ0v) is 8.71. The Labute approximate surface area is 86.8 Å². The first-order valence-electron chi connectivity index (χ1n) is 4.48. The van der Waals surface area contributed by atoms with Crippen molar-refractivity contribution < 1.29 is 0 Å². The maximum absolute atomic E-state index is 5.60. The van der Waals surface area contributed by atoms with Crippen molar-refractivity contribution in [2.45, 2.75) is 13.3 Å². The number of nitrogens with two attached hydrogens (primary N) is 1. The topological polar surface area (TPSA) is 51.8 Å². The van der Waals surface area contributed by atoms with E-state index >= 15 is 0 Å². The number of nitrogen functional groups attached to an aromatic ring is 1. The second-order valence-corrected chi connectivity index (χ2v) is 3.74. The van der Waals surface area contributed by atoms with E-state index in [0.717, 1.165) is 28.5 Å². The number of hydrogen-bond acceptors (Lipinski definition) is 4. The van der Waals surface area contributed by atoms with Crippen molar-refractivity contribution >= 4 is 17.2 Å². The van der Waals surface area contributed by atoms with Crippen molar-refractivity contribution in [2.75, 3.05) is 5.73 Å². The third-order valence-electron chi connectivity index (χ3n) is 1.94.